The van der Waals surface area contributed by atoms with E-state index in [9.17, 15) is 0 Å². The summed E-state index contributed by atoms with van der Waals surface area (Å²) in [5, 5.41) is 7.61. The highest BCUT2D eigenvalue weighted by molar-refractivity contribution is 5.45. The Morgan fingerprint density at radius 3 is 2.62 bits per heavy atom. The first kappa shape index (κ1) is 13.4. The Kier molecular flexibility index (Phi) is 3.43. The van der Waals surface area contributed by atoms with Crippen LogP contribution in [0.2, 0.25) is 0 Å². The van der Waals surface area contributed by atoms with Crippen LogP contribution >= 0.6 is 0 Å². The summed E-state index contributed by atoms with van der Waals surface area (Å²) in [7, 11) is 1.92. The number of pyridine rings is 1. The van der Waals surface area contributed by atoms with Crippen LogP contribution in [-0.2, 0) is 7.05 Å². The molecule has 1 atom stereocenters. The molecule has 108 valence electrons. The number of nitrogens with one attached hydrogen (secondary N) is 1. The zero-order chi connectivity index (χ0) is 14.8. The number of imidazole rings is 1. The van der Waals surface area contributed by atoms with Crippen LogP contribution in [0.1, 0.15) is 24.4 Å². The molecular weight excluding hydrogens is 264 g/mol. The smallest absolute Gasteiger partial charge is 0.138 e. The van der Waals surface area contributed by atoms with E-state index in [2.05, 4.69) is 27.3 Å². The first-order valence-electron chi connectivity index (χ1n) is 6.85. The number of anilines is 1. The molecule has 0 saturated carbocycles. The quantitative estimate of drug-likeness (QED) is 0.798. The molecule has 3 aromatic heterocycles. The first-order chi connectivity index (χ1) is 10.1. The molecule has 0 aliphatic rings. The summed E-state index contributed by atoms with van der Waals surface area (Å²) in [4.78, 5) is 8.68. The summed E-state index contributed by atoms with van der Waals surface area (Å²) in [6.45, 7) is 4.06. The maximum Gasteiger partial charge on any atom is 0.138 e. The van der Waals surface area contributed by atoms with Crippen LogP contribution in [0.3, 0.4) is 0 Å². The van der Waals surface area contributed by atoms with Crippen molar-refractivity contribution in [3.8, 4) is 5.82 Å². The van der Waals surface area contributed by atoms with Gasteiger partial charge in [0.15, 0.2) is 0 Å². The molecule has 1 unspecified atom stereocenters. The van der Waals surface area contributed by atoms with Gasteiger partial charge in [-0.05, 0) is 26.0 Å². The van der Waals surface area contributed by atoms with Gasteiger partial charge in [-0.25, -0.2) is 9.97 Å². The van der Waals surface area contributed by atoms with Gasteiger partial charge in [0.1, 0.15) is 11.6 Å². The molecule has 3 rings (SSSR count). The van der Waals surface area contributed by atoms with Crippen molar-refractivity contribution >= 4 is 5.69 Å². The molecule has 6 heteroatoms. The normalized spacial score (nSPS) is 12.3. The van der Waals surface area contributed by atoms with E-state index in [1.807, 2.05) is 55.5 Å². The van der Waals surface area contributed by atoms with Crippen molar-refractivity contribution in [2.75, 3.05) is 5.32 Å². The lowest BCUT2D eigenvalue weighted by molar-refractivity contribution is 0.765. The number of nitrogens with zero attached hydrogens (tertiary/aromatic N) is 5. The lowest BCUT2D eigenvalue weighted by Crippen LogP contribution is -2.07. The summed E-state index contributed by atoms with van der Waals surface area (Å²) in [5.41, 5.74) is 2.12. The summed E-state index contributed by atoms with van der Waals surface area (Å²) in [6.07, 6.45) is 9.39. The van der Waals surface area contributed by atoms with Crippen LogP contribution < -0.4 is 5.32 Å². The monoisotopic (exact) mass is 282 g/mol. The van der Waals surface area contributed by atoms with E-state index in [0.717, 1.165) is 22.9 Å². The third-order valence-corrected chi connectivity index (χ3v) is 3.43. The van der Waals surface area contributed by atoms with Gasteiger partial charge < -0.3 is 5.32 Å². The van der Waals surface area contributed by atoms with Gasteiger partial charge in [-0.1, -0.05) is 0 Å². The van der Waals surface area contributed by atoms with E-state index in [4.69, 9.17) is 0 Å². The predicted molar refractivity (Wildman–Crippen MR) is 81.3 cm³/mol. The van der Waals surface area contributed by atoms with E-state index >= 15 is 0 Å². The number of hydrogen-bond acceptors (Lipinski definition) is 4. The molecule has 0 amide bonds. The molecule has 0 bridgehead atoms. The van der Waals surface area contributed by atoms with Gasteiger partial charge >= 0.3 is 0 Å². The molecular formula is C15H18N6. The van der Waals surface area contributed by atoms with Gasteiger partial charge in [0, 0.05) is 31.2 Å². The van der Waals surface area contributed by atoms with E-state index in [-0.39, 0.29) is 6.04 Å². The van der Waals surface area contributed by atoms with Crippen molar-refractivity contribution < 1.29 is 0 Å². The van der Waals surface area contributed by atoms with Gasteiger partial charge in [-0.2, -0.15) is 5.10 Å². The van der Waals surface area contributed by atoms with E-state index in [1.165, 1.54) is 0 Å². The fourth-order valence-electron chi connectivity index (χ4n) is 2.23. The van der Waals surface area contributed by atoms with Crippen molar-refractivity contribution in [1.29, 1.82) is 0 Å². The summed E-state index contributed by atoms with van der Waals surface area (Å²) in [5.74, 6) is 1.79. The molecule has 0 aliphatic heterocycles. The lowest BCUT2D eigenvalue weighted by atomic mass is 10.2. The Balaban J connectivity index is 1.74. The summed E-state index contributed by atoms with van der Waals surface area (Å²) < 4.78 is 3.75. The van der Waals surface area contributed by atoms with Crippen LogP contribution in [0.4, 0.5) is 5.69 Å². The van der Waals surface area contributed by atoms with Crippen molar-refractivity contribution in [2.45, 2.75) is 19.9 Å². The molecule has 0 radical (unpaired) electrons. The van der Waals surface area contributed by atoms with Gasteiger partial charge in [0.05, 0.1) is 24.1 Å². The molecule has 21 heavy (non-hydrogen) atoms. The molecule has 0 fully saturated rings. The van der Waals surface area contributed by atoms with E-state index in [0.29, 0.717) is 0 Å². The highest BCUT2D eigenvalue weighted by Crippen LogP contribution is 2.19. The average molecular weight is 282 g/mol. The van der Waals surface area contributed by atoms with Crippen LogP contribution in [0.5, 0.6) is 0 Å². The number of aryl methyl sites for hydroxylation is 2. The van der Waals surface area contributed by atoms with Crippen molar-refractivity contribution in [3.63, 3.8) is 0 Å². The minimum Gasteiger partial charge on any atom is -0.377 e. The Morgan fingerprint density at radius 2 is 2.05 bits per heavy atom. The zero-order valence-corrected chi connectivity index (χ0v) is 12.4. The Labute approximate surface area is 123 Å². The molecule has 0 spiro atoms. The third-order valence-electron chi connectivity index (χ3n) is 3.43. The average Bonchev–Trinajstić information content (AvgIpc) is 3.08. The largest absolute Gasteiger partial charge is 0.377 e. The van der Waals surface area contributed by atoms with E-state index < -0.39 is 0 Å². The van der Waals surface area contributed by atoms with Crippen molar-refractivity contribution in [1.82, 2.24) is 24.3 Å². The molecule has 6 nitrogen and oxygen atoms in total. The highest BCUT2D eigenvalue weighted by Gasteiger charge is 2.08. The van der Waals surface area contributed by atoms with Crippen LogP contribution in [0.15, 0.2) is 43.1 Å². The lowest BCUT2D eigenvalue weighted by Gasteiger charge is -2.13. The minimum absolute atomic E-state index is 0.182. The second-order valence-corrected chi connectivity index (χ2v) is 5.06. The SMILES string of the molecule is Cc1nccn1-c1ccc(NC(C)c2cnn(C)c2)cn1. The number of aromatic nitrogens is 5. The van der Waals surface area contributed by atoms with Crippen molar-refractivity contribution in [2.24, 2.45) is 7.05 Å². The molecule has 0 saturated heterocycles. The van der Waals surface area contributed by atoms with Crippen LogP contribution in [-0.4, -0.2) is 24.3 Å². The number of hydrogen-bond donors (Lipinski definition) is 1. The second-order valence-electron chi connectivity index (χ2n) is 5.06. The van der Waals surface area contributed by atoms with Crippen LogP contribution in [0.25, 0.3) is 5.82 Å². The summed E-state index contributed by atoms with van der Waals surface area (Å²) >= 11 is 0. The van der Waals surface area contributed by atoms with E-state index in [1.54, 1.807) is 10.9 Å². The zero-order valence-electron chi connectivity index (χ0n) is 12.4. The Morgan fingerprint density at radius 1 is 1.19 bits per heavy atom. The van der Waals surface area contributed by atoms with Crippen LogP contribution in [0, 0.1) is 6.92 Å². The molecule has 1 N–H and O–H groups in total. The first-order valence-corrected chi connectivity index (χ1v) is 6.85. The number of rotatable bonds is 4. The third kappa shape index (κ3) is 2.79. The Hall–Kier alpha value is -2.63. The molecule has 3 aromatic rings. The predicted octanol–water partition coefficient (Wildman–Crippen LogP) is 2.48. The molecule has 0 aromatic carbocycles. The van der Waals surface area contributed by atoms with Gasteiger partial charge in [0.2, 0.25) is 0 Å². The minimum atomic E-state index is 0.182. The molecule has 3 heterocycles. The maximum absolute atomic E-state index is 4.47. The van der Waals surface area contributed by atoms with Gasteiger partial charge in [0.25, 0.3) is 0 Å². The van der Waals surface area contributed by atoms with Gasteiger partial charge in [-0.3, -0.25) is 9.25 Å². The van der Waals surface area contributed by atoms with Gasteiger partial charge in [-0.15, -0.1) is 0 Å². The topological polar surface area (TPSA) is 60.6 Å². The Bertz CT molecular complexity index is 725. The standard InChI is InChI=1S/C15H18N6/c1-11(13-8-18-20(3)10-13)19-14-4-5-15(17-9-14)21-7-6-16-12(21)2/h4-11,19H,1-3H3. The van der Waals surface area contributed by atoms with Crippen molar-refractivity contribution in [3.05, 3.63) is 54.5 Å². The second kappa shape index (κ2) is 5.40. The fourth-order valence-corrected chi connectivity index (χ4v) is 2.23. The molecule has 0 aliphatic carbocycles. The fraction of sp³-hybridized carbons (Fsp3) is 0.267. The highest BCUT2D eigenvalue weighted by atomic mass is 15.2. The maximum atomic E-state index is 4.47. The summed E-state index contributed by atoms with van der Waals surface area (Å²) in [6, 6.07) is 4.18.